The first-order chi connectivity index (χ1) is 57.6. The third-order valence-electron chi connectivity index (χ3n) is 21.0. The quantitative estimate of drug-likeness (QED) is 0.0352. The fourth-order valence-corrected chi connectivity index (χ4v) is 14.1. The molecule has 1 unspecified atom stereocenters. The van der Waals surface area contributed by atoms with Gasteiger partial charge in [-0.25, -0.2) is 0 Å². The fraction of sp³-hybridized carbons (Fsp3) is 0.315. The monoisotopic (exact) mass is 1640 g/mol. The van der Waals surface area contributed by atoms with Gasteiger partial charge in [0.05, 0.1) is 52.0 Å². The zero-order chi connectivity index (χ0) is 85.1. The molecule has 7 aromatic carbocycles. The van der Waals surface area contributed by atoms with Crippen LogP contribution >= 0.6 is 0 Å². The summed E-state index contributed by atoms with van der Waals surface area (Å²) in [5.41, 5.74) is 13.7. The van der Waals surface area contributed by atoms with E-state index in [4.69, 9.17) is 15.6 Å². The first-order valence-electron chi connectivity index (χ1n) is 39.4. The van der Waals surface area contributed by atoms with Crippen LogP contribution in [0.4, 0.5) is 56.6 Å². The minimum atomic E-state index is -4.63. The fourth-order valence-electron chi connectivity index (χ4n) is 14.1. The molecule has 1 atom stereocenters. The molecule has 120 heavy (non-hydrogen) atoms. The van der Waals surface area contributed by atoms with Gasteiger partial charge in [-0.3, -0.25) is 39.1 Å². The van der Waals surface area contributed by atoms with Gasteiger partial charge in [-0.2, -0.15) is 49.7 Å². The lowest BCUT2D eigenvalue weighted by Crippen LogP contribution is -2.46. The molecule has 14 rings (SSSR count). The lowest BCUT2D eigenvalue weighted by atomic mass is 10.0. The number of benzene rings is 7. The molecule has 0 saturated carbocycles. The van der Waals surface area contributed by atoms with E-state index in [9.17, 15) is 53.9 Å². The Bertz CT molecular complexity index is 5480. The number of anilines is 3. The highest BCUT2D eigenvalue weighted by Crippen LogP contribution is 2.41. The summed E-state index contributed by atoms with van der Waals surface area (Å²) in [6.07, 6.45) is -5.54. The Morgan fingerprint density at radius 2 is 1.00 bits per heavy atom. The van der Waals surface area contributed by atoms with Crippen molar-refractivity contribution in [1.82, 2.24) is 50.4 Å². The van der Waals surface area contributed by atoms with E-state index in [1.807, 2.05) is 80.1 Å². The van der Waals surface area contributed by atoms with Crippen molar-refractivity contribution >= 4 is 45.7 Å². The van der Waals surface area contributed by atoms with Crippen molar-refractivity contribution in [3.63, 3.8) is 0 Å². The summed E-state index contributed by atoms with van der Waals surface area (Å²) in [6.45, 7) is 14.9. The number of piperidine rings is 1. The van der Waals surface area contributed by atoms with E-state index in [-0.39, 0.29) is 71.3 Å². The number of halogens is 9. The van der Waals surface area contributed by atoms with Gasteiger partial charge in [0.2, 0.25) is 0 Å². The molecular formula is C92H91F9N14O5. The average Bonchev–Trinajstić information content (AvgIpc) is 0.817. The number of alkyl halides is 9. The molecule has 622 valence electrons. The van der Waals surface area contributed by atoms with E-state index >= 15 is 0 Å². The SMILES string of the molecule is Cc1ccc(C(=O)Nc2ccc(CN3CCN(CCO)CC3)c(C(F)(F)F)c2)cc1C#Cc1cnnc2ccccc12.Cc1ccc(C(=O)Nc2ccc(CN3CCNCC3)c(C(F)(F)F)c2)cc1C#Cc1ccc(CN)nc1.Cc1ccc(C(=O)Nc2ccc(OC3CCN(C)CC3)c(C(F)(F)F)c2)cc1C#Cc1ccc(C2CCCN2)nc1. The molecule has 28 heteroatoms. The normalized spacial score (nSPS) is 15.5. The summed E-state index contributed by atoms with van der Waals surface area (Å²) in [6, 6.07) is 41.9. The number of amides is 3. The van der Waals surface area contributed by atoms with Crippen LogP contribution in [0.15, 0.2) is 176 Å². The van der Waals surface area contributed by atoms with Crippen molar-refractivity contribution in [3.05, 3.63) is 282 Å². The Labute approximate surface area is 690 Å². The maximum absolute atomic E-state index is 14.0. The highest BCUT2D eigenvalue weighted by atomic mass is 19.4. The molecule has 19 nitrogen and oxygen atoms in total. The second-order valence-corrected chi connectivity index (χ2v) is 29.8. The Kier molecular flexibility index (Phi) is 29.3. The number of pyridine rings is 2. The number of fused-ring (bicyclic) bond motifs is 1. The number of nitrogens with one attached hydrogen (secondary N) is 5. The van der Waals surface area contributed by atoms with E-state index < -0.39 is 52.9 Å². The van der Waals surface area contributed by atoms with Crippen molar-refractivity contribution in [1.29, 1.82) is 0 Å². The second-order valence-electron chi connectivity index (χ2n) is 29.8. The summed E-state index contributed by atoms with van der Waals surface area (Å²) >= 11 is 0. The number of hydrogen-bond acceptors (Lipinski definition) is 16. The van der Waals surface area contributed by atoms with E-state index in [2.05, 4.69) is 92.1 Å². The van der Waals surface area contributed by atoms with Crippen LogP contribution in [0.1, 0.15) is 152 Å². The van der Waals surface area contributed by atoms with Crippen LogP contribution in [0.3, 0.4) is 0 Å². The molecule has 3 amide bonds. The summed E-state index contributed by atoms with van der Waals surface area (Å²) in [5.74, 6) is 16.7. The highest BCUT2D eigenvalue weighted by molar-refractivity contribution is 6.06. The van der Waals surface area contributed by atoms with Crippen molar-refractivity contribution in [2.45, 2.75) is 96.8 Å². The Morgan fingerprint density at radius 1 is 0.517 bits per heavy atom. The number of aliphatic hydroxyl groups excluding tert-OH is 1. The molecule has 10 aromatic rings. The number of β-amino-alcohol motifs (C(OH)–C–C–N with tert-alkyl or cyclic N) is 1. The zero-order valence-electron chi connectivity index (χ0n) is 66.7. The van der Waals surface area contributed by atoms with E-state index in [1.165, 1.54) is 36.4 Å². The molecule has 4 aliphatic rings. The summed E-state index contributed by atoms with van der Waals surface area (Å²) in [5, 5.41) is 32.5. The molecule has 3 aromatic heterocycles. The van der Waals surface area contributed by atoms with E-state index in [0.717, 1.165) is 108 Å². The lowest BCUT2D eigenvalue weighted by Gasteiger charge is -2.34. The predicted molar refractivity (Wildman–Crippen MR) is 444 cm³/mol. The molecule has 4 fully saturated rings. The van der Waals surface area contributed by atoms with Crippen molar-refractivity contribution in [3.8, 4) is 41.3 Å². The number of aliphatic hydroxyl groups is 1. The molecule has 0 bridgehead atoms. The van der Waals surface area contributed by atoms with Crippen LogP contribution in [0.25, 0.3) is 10.9 Å². The molecule has 4 aliphatic heterocycles. The smallest absolute Gasteiger partial charge is 0.420 e. The standard InChI is InChI=1S/C32H30F3N5O2.C32H33F3N4O2.C28H28F3N5O/c1-22-6-7-24(18-23(22)8-9-25-20-36-38-30-5-3-2-4-28(25)30)31(42)37-27-11-10-26(29(19-27)32(33,34)35)21-40-14-12-39(13-15-40)16-17-41;1-21-5-8-24(18-23(21)9-6-22-7-11-29(37-20-22)28-4-3-15-36-28)31(40)38-25-10-12-30(27(19-25)32(33,34)35)41-26-13-16-39(2)17-14-26;1-19-2-5-22(14-21(19)6-3-20-4-8-25(16-32)34-17-20)27(37)35-24-9-7-23(26(15-24)28(29,30)31)18-36-12-10-33-11-13-36/h2-7,10-11,18-20,41H,12-17,21H2,1H3,(H,37,42);5,7-8,10-12,18-20,26,28,36H,3-4,13-17H2,1-2H3,(H,38,40);2,4-5,7-9,14-15,17,33H,10-13,16,18,32H2,1H3,(H,35,37). The summed E-state index contributed by atoms with van der Waals surface area (Å²) in [4.78, 5) is 55.9. The number of ether oxygens (including phenoxy) is 1. The van der Waals surface area contributed by atoms with Crippen molar-refractivity contribution < 1.29 is 63.7 Å². The van der Waals surface area contributed by atoms with Crippen LogP contribution in [0.5, 0.6) is 5.75 Å². The number of piperazine rings is 2. The van der Waals surface area contributed by atoms with Crippen LogP contribution in [-0.4, -0.2) is 161 Å². The molecule has 7 heterocycles. The van der Waals surface area contributed by atoms with Gasteiger partial charge < -0.3 is 47.1 Å². The Hall–Kier alpha value is -11.9. The first kappa shape index (κ1) is 87.4. The van der Waals surface area contributed by atoms with Crippen LogP contribution in [0.2, 0.25) is 0 Å². The maximum atomic E-state index is 14.0. The maximum Gasteiger partial charge on any atom is 0.420 e. The van der Waals surface area contributed by atoms with E-state index in [0.29, 0.717) is 104 Å². The Balaban J connectivity index is 0.000000165. The van der Waals surface area contributed by atoms with Gasteiger partial charge in [-0.15, -0.1) is 0 Å². The average molecular weight is 1640 g/mol. The number of aromatic nitrogens is 4. The number of hydrogen-bond donors (Lipinski definition) is 7. The van der Waals surface area contributed by atoms with Crippen LogP contribution in [-0.2, 0) is 38.2 Å². The number of rotatable bonds is 16. The number of aryl methyl sites for hydroxylation is 3. The number of nitrogens with zero attached hydrogens (tertiary/aromatic N) is 8. The minimum Gasteiger partial charge on any atom is -0.490 e. The second kappa shape index (κ2) is 40.3. The summed E-state index contributed by atoms with van der Waals surface area (Å²) in [7, 11) is 1.98. The molecule has 0 aliphatic carbocycles. The van der Waals surface area contributed by atoms with Gasteiger partial charge in [0.15, 0.2) is 0 Å². The van der Waals surface area contributed by atoms with Crippen LogP contribution in [0, 0.1) is 56.3 Å². The third-order valence-corrected chi connectivity index (χ3v) is 21.0. The first-order valence-corrected chi connectivity index (χ1v) is 39.4. The van der Waals surface area contributed by atoms with Gasteiger partial charge in [0.1, 0.15) is 11.9 Å². The lowest BCUT2D eigenvalue weighted by molar-refractivity contribution is -0.140. The number of nitrogens with two attached hydrogens (primary N) is 1. The number of likely N-dealkylation sites (tertiary alicyclic amines) is 1. The topological polar surface area (TPSA) is 231 Å². The van der Waals surface area contributed by atoms with Crippen LogP contribution < -0.4 is 37.1 Å². The van der Waals surface area contributed by atoms with Gasteiger partial charge >= 0.3 is 18.5 Å². The molecule has 4 saturated heterocycles. The molecule has 0 radical (unpaired) electrons. The molecule has 8 N–H and O–H groups in total. The Morgan fingerprint density at radius 3 is 1.48 bits per heavy atom. The largest absolute Gasteiger partial charge is 0.490 e. The van der Waals surface area contributed by atoms with Crippen molar-refractivity contribution in [2.24, 2.45) is 5.73 Å². The van der Waals surface area contributed by atoms with Crippen molar-refractivity contribution in [2.75, 3.05) is 108 Å². The van der Waals surface area contributed by atoms with E-state index in [1.54, 1.807) is 79.3 Å². The predicted octanol–water partition coefficient (Wildman–Crippen LogP) is 14.6. The minimum absolute atomic E-state index is 0.0363. The zero-order valence-corrected chi connectivity index (χ0v) is 66.7. The third kappa shape index (κ3) is 24.2. The molecular weight excluding hydrogens is 1550 g/mol. The number of carbonyl (C=O) groups excluding carboxylic acids is 3. The van der Waals surface area contributed by atoms with Gasteiger partial charge in [0.25, 0.3) is 17.7 Å². The highest BCUT2D eigenvalue weighted by Gasteiger charge is 2.38. The summed E-state index contributed by atoms with van der Waals surface area (Å²) < 4.78 is 131. The number of carbonyl (C=O) groups is 3. The molecule has 0 spiro atoms. The van der Waals surface area contributed by atoms with Gasteiger partial charge in [-0.1, -0.05) is 84.1 Å². The van der Waals surface area contributed by atoms with Gasteiger partial charge in [0, 0.05) is 177 Å². The van der Waals surface area contributed by atoms with Gasteiger partial charge in [-0.05, 0) is 197 Å².